The fourth-order valence-electron chi connectivity index (χ4n) is 1.65. The molecule has 14 heavy (non-hydrogen) atoms. The fourth-order valence-corrected chi connectivity index (χ4v) is 1.65. The molecule has 0 atom stereocenters. The lowest BCUT2D eigenvalue weighted by Gasteiger charge is -2.01. The zero-order chi connectivity index (χ0) is 10.1. The second-order valence-corrected chi connectivity index (χ2v) is 3.70. The summed E-state index contributed by atoms with van der Waals surface area (Å²) >= 11 is 0. The normalized spacial score (nSPS) is 13.6. The summed E-state index contributed by atoms with van der Waals surface area (Å²) in [6.45, 7) is 6.27. The van der Waals surface area contributed by atoms with Crippen molar-refractivity contribution in [1.82, 2.24) is 0 Å². The van der Waals surface area contributed by atoms with Gasteiger partial charge in [-0.15, -0.1) is 0 Å². The highest BCUT2D eigenvalue weighted by molar-refractivity contribution is 5.93. The fraction of sp³-hybridized carbons (Fsp3) is 0.250. The number of cyclic esters (lactones) is 1. The Hall–Kier alpha value is -1.57. The Morgan fingerprint density at radius 2 is 2.36 bits per heavy atom. The second-order valence-electron chi connectivity index (χ2n) is 3.70. The third kappa shape index (κ3) is 1.55. The van der Waals surface area contributed by atoms with Gasteiger partial charge in [-0.25, -0.2) is 4.79 Å². The van der Waals surface area contributed by atoms with Gasteiger partial charge < -0.3 is 4.74 Å². The van der Waals surface area contributed by atoms with E-state index in [-0.39, 0.29) is 5.97 Å². The molecule has 0 amide bonds. The minimum atomic E-state index is -0.207. The number of fused-ring (bicyclic) bond motifs is 1. The summed E-state index contributed by atoms with van der Waals surface area (Å²) in [4.78, 5) is 11.2. The van der Waals surface area contributed by atoms with Crippen LogP contribution >= 0.6 is 0 Å². The Bertz CT molecular complexity index is 405. The summed E-state index contributed by atoms with van der Waals surface area (Å²) in [5.41, 5.74) is 4.01. The van der Waals surface area contributed by atoms with Crippen molar-refractivity contribution in [2.45, 2.75) is 20.0 Å². The molecule has 0 aromatic heterocycles. The molecule has 2 nitrogen and oxygen atoms in total. The molecule has 1 heterocycles. The van der Waals surface area contributed by atoms with Crippen LogP contribution < -0.4 is 0 Å². The molecule has 1 aliphatic heterocycles. The van der Waals surface area contributed by atoms with E-state index in [0.29, 0.717) is 12.2 Å². The third-order valence-corrected chi connectivity index (χ3v) is 2.25. The molecule has 1 aliphatic rings. The molecule has 0 aliphatic carbocycles. The third-order valence-electron chi connectivity index (χ3n) is 2.25. The number of carbonyl (C=O) groups is 1. The molecule has 0 fully saturated rings. The van der Waals surface area contributed by atoms with E-state index in [4.69, 9.17) is 4.74 Å². The standard InChI is InChI=1S/C12H12O2/c1-8(2)5-9-3-4-11-10(6-9)7-14-12(11)13/h3-4,6H,1,5,7H2,2H3. The van der Waals surface area contributed by atoms with Gasteiger partial charge in [-0.05, 0) is 25.0 Å². The monoisotopic (exact) mass is 188 g/mol. The average molecular weight is 188 g/mol. The zero-order valence-corrected chi connectivity index (χ0v) is 8.17. The van der Waals surface area contributed by atoms with E-state index in [1.807, 2.05) is 25.1 Å². The zero-order valence-electron chi connectivity index (χ0n) is 8.17. The highest BCUT2D eigenvalue weighted by Crippen LogP contribution is 2.21. The van der Waals surface area contributed by atoms with Crippen LogP contribution in [-0.4, -0.2) is 5.97 Å². The van der Waals surface area contributed by atoms with Gasteiger partial charge in [-0.1, -0.05) is 24.3 Å². The summed E-state index contributed by atoms with van der Waals surface area (Å²) in [5, 5.41) is 0. The lowest BCUT2D eigenvalue weighted by Crippen LogP contribution is -1.94. The minimum Gasteiger partial charge on any atom is -0.457 e. The van der Waals surface area contributed by atoms with Gasteiger partial charge in [-0.3, -0.25) is 0 Å². The van der Waals surface area contributed by atoms with Crippen molar-refractivity contribution in [2.75, 3.05) is 0 Å². The molecule has 1 aromatic rings. The van der Waals surface area contributed by atoms with Crippen molar-refractivity contribution in [3.05, 3.63) is 47.0 Å². The van der Waals surface area contributed by atoms with Crippen LogP contribution in [0.5, 0.6) is 0 Å². The van der Waals surface area contributed by atoms with Crippen LogP contribution in [0, 0.1) is 0 Å². The summed E-state index contributed by atoms with van der Waals surface area (Å²) in [5.74, 6) is -0.207. The van der Waals surface area contributed by atoms with E-state index in [1.165, 1.54) is 5.56 Å². The molecule has 0 saturated carbocycles. The van der Waals surface area contributed by atoms with Crippen LogP contribution in [0.2, 0.25) is 0 Å². The maximum atomic E-state index is 11.2. The van der Waals surface area contributed by atoms with E-state index >= 15 is 0 Å². The number of esters is 1. The molecule has 0 N–H and O–H groups in total. The van der Waals surface area contributed by atoms with Gasteiger partial charge >= 0.3 is 5.97 Å². The van der Waals surface area contributed by atoms with Gasteiger partial charge in [0.05, 0.1) is 5.56 Å². The lowest BCUT2D eigenvalue weighted by atomic mass is 10.0. The molecule has 72 valence electrons. The molecule has 0 spiro atoms. The highest BCUT2D eigenvalue weighted by atomic mass is 16.5. The number of allylic oxidation sites excluding steroid dienone is 1. The average Bonchev–Trinajstić information content (AvgIpc) is 2.46. The minimum absolute atomic E-state index is 0.207. The smallest absolute Gasteiger partial charge is 0.338 e. The van der Waals surface area contributed by atoms with Crippen LogP contribution in [-0.2, 0) is 17.8 Å². The Labute approximate surface area is 83.2 Å². The first-order chi connectivity index (χ1) is 6.66. The highest BCUT2D eigenvalue weighted by Gasteiger charge is 2.20. The number of ether oxygens (including phenoxy) is 1. The predicted molar refractivity (Wildman–Crippen MR) is 54.1 cm³/mol. The van der Waals surface area contributed by atoms with E-state index < -0.39 is 0 Å². The molecular weight excluding hydrogens is 176 g/mol. The molecule has 0 bridgehead atoms. The maximum Gasteiger partial charge on any atom is 0.338 e. The van der Waals surface area contributed by atoms with E-state index in [9.17, 15) is 4.79 Å². The van der Waals surface area contributed by atoms with Gasteiger partial charge in [-0.2, -0.15) is 0 Å². The Morgan fingerprint density at radius 1 is 1.57 bits per heavy atom. The first kappa shape index (κ1) is 9.00. The number of hydrogen-bond acceptors (Lipinski definition) is 2. The van der Waals surface area contributed by atoms with E-state index in [0.717, 1.165) is 17.6 Å². The summed E-state index contributed by atoms with van der Waals surface area (Å²) in [6, 6.07) is 5.82. The van der Waals surface area contributed by atoms with Crippen LogP contribution in [0.1, 0.15) is 28.4 Å². The van der Waals surface area contributed by atoms with Gasteiger partial charge in [0.1, 0.15) is 6.61 Å². The second kappa shape index (κ2) is 3.29. The lowest BCUT2D eigenvalue weighted by molar-refractivity contribution is 0.0535. The molecule has 2 rings (SSSR count). The number of rotatable bonds is 2. The molecule has 0 saturated heterocycles. The Kier molecular flexibility index (Phi) is 2.12. The number of hydrogen-bond donors (Lipinski definition) is 0. The SMILES string of the molecule is C=C(C)Cc1ccc2c(c1)COC2=O. The van der Waals surface area contributed by atoms with Gasteiger partial charge in [0.15, 0.2) is 0 Å². The van der Waals surface area contributed by atoms with Crippen LogP contribution in [0.15, 0.2) is 30.4 Å². The molecule has 2 heteroatoms. The summed E-state index contributed by atoms with van der Waals surface area (Å²) in [6.07, 6.45) is 0.863. The summed E-state index contributed by atoms with van der Waals surface area (Å²) < 4.78 is 4.92. The van der Waals surface area contributed by atoms with Crippen molar-refractivity contribution in [3.8, 4) is 0 Å². The summed E-state index contributed by atoms with van der Waals surface area (Å²) in [7, 11) is 0. The largest absolute Gasteiger partial charge is 0.457 e. The van der Waals surface area contributed by atoms with Crippen molar-refractivity contribution >= 4 is 5.97 Å². The van der Waals surface area contributed by atoms with Gasteiger partial charge in [0, 0.05) is 5.56 Å². The first-order valence-electron chi connectivity index (χ1n) is 4.60. The maximum absolute atomic E-state index is 11.2. The topological polar surface area (TPSA) is 26.3 Å². The molecule has 0 radical (unpaired) electrons. The van der Waals surface area contributed by atoms with Gasteiger partial charge in [0.25, 0.3) is 0 Å². The number of carbonyl (C=O) groups excluding carboxylic acids is 1. The van der Waals surface area contributed by atoms with Crippen molar-refractivity contribution in [3.63, 3.8) is 0 Å². The van der Waals surface area contributed by atoms with E-state index in [1.54, 1.807) is 0 Å². The van der Waals surface area contributed by atoms with E-state index in [2.05, 4.69) is 6.58 Å². The quantitative estimate of drug-likeness (QED) is 0.526. The van der Waals surface area contributed by atoms with Crippen molar-refractivity contribution in [2.24, 2.45) is 0 Å². The Morgan fingerprint density at radius 3 is 3.07 bits per heavy atom. The Balaban J connectivity index is 2.32. The first-order valence-corrected chi connectivity index (χ1v) is 4.60. The predicted octanol–water partition coefficient (Wildman–Crippen LogP) is 2.48. The molecule has 1 aromatic carbocycles. The van der Waals surface area contributed by atoms with Crippen LogP contribution in [0.3, 0.4) is 0 Å². The van der Waals surface area contributed by atoms with Crippen molar-refractivity contribution < 1.29 is 9.53 Å². The van der Waals surface area contributed by atoms with Crippen LogP contribution in [0.4, 0.5) is 0 Å². The van der Waals surface area contributed by atoms with Gasteiger partial charge in [0.2, 0.25) is 0 Å². The molecule has 0 unspecified atom stereocenters. The molecular formula is C12H12O2. The van der Waals surface area contributed by atoms with Crippen molar-refractivity contribution in [1.29, 1.82) is 0 Å². The van der Waals surface area contributed by atoms with Crippen LogP contribution in [0.25, 0.3) is 0 Å². The number of benzene rings is 1.